The molecule has 2 aromatic carbocycles. The molecule has 210 valence electrons. The molecule has 1 amide bonds. The molecule has 12 heteroatoms. The maximum atomic E-state index is 13.8. The smallest absolute Gasteiger partial charge is 0.404 e. The van der Waals surface area contributed by atoms with E-state index in [0.29, 0.717) is 46.4 Å². The Morgan fingerprint density at radius 3 is 2.66 bits per heavy atom. The van der Waals surface area contributed by atoms with Crippen LogP contribution in [-0.2, 0) is 0 Å². The van der Waals surface area contributed by atoms with Gasteiger partial charge in [-0.1, -0.05) is 41.8 Å². The molecule has 2 saturated carbocycles. The van der Waals surface area contributed by atoms with Crippen molar-refractivity contribution in [2.75, 3.05) is 10.6 Å². The molecule has 2 aliphatic carbocycles. The molecule has 0 bridgehead atoms. The molecule has 4 aromatic rings. The number of nitrogens with one attached hydrogen (secondary N) is 3. The quantitative estimate of drug-likeness (QED) is 0.200. The number of aromatic nitrogens is 4. The highest BCUT2D eigenvalue weighted by Crippen LogP contribution is 2.38. The number of hydrogen-bond acceptors (Lipinski definition) is 7. The summed E-state index contributed by atoms with van der Waals surface area (Å²) in [5.41, 5.74) is 2.41. The molecule has 0 unspecified atom stereocenters. The highest BCUT2D eigenvalue weighted by molar-refractivity contribution is 6.35. The second-order valence-corrected chi connectivity index (χ2v) is 10.8. The van der Waals surface area contributed by atoms with Crippen molar-refractivity contribution in [3.63, 3.8) is 0 Å². The lowest BCUT2D eigenvalue weighted by Crippen LogP contribution is -2.48. The average Bonchev–Trinajstić information content (AvgIpc) is 3.69. The van der Waals surface area contributed by atoms with Crippen molar-refractivity contribution < 1.29 is 15.7 Å². The van der Waals surface area contributed by atoms with Gasteiger partial charge in [-0.2, -0.15) is 5.26 Å². The van der Waals surface area contributed by atoms with Crippen LogP contribution in [0.2, 0.25) is 5.02 Å². The molecule has 6 rings (SSSR count). The van der Waals surface area contributed by atoms with Gasteiger partial charge >= 0.3 is 6.09 Å². The first-order valence-electron chi connectivity index (χ1n) is 14.0. The molecule has 4 N–H and O–H groups in total. The SMILES string of the molecule is [2H][C@](Nc1cc(Cl)c2ncc(C#N)c(N[C@@H]3CCCC[C@@H]3NC(=O)O)c2c1)(c1ccc(F)cc1)c1cn(C2CC2)nn1. The first-order valence-corrected chi connectivity index (χ1v) is 13.9. The fraction of sp³-hybridized carbons (Fsp3) is 0.345. The van der Waals surface area contributed by atoms with E-state index in [2.05, 4.69) is 37.3 Å². The van der Waals surface area contributed by atoms with Crippen LogP contribution < -0.4 is 16.0 Å². The zero-order valence-corrected chi connectivity index (χ0v) is 22.7. The lowest BCUT2D eigenvalue weighted by Gasteiger charge is -2.33. The molecule has 2 aromatic heterocycles. The molecule has 10 nitrogen and oxygen atoms in total. The number of hydrogen-bond donors (Lipinski definition) is 4. The minimum Gasteiger partial charge on any atom is -0.465 e. The van der Waals surface area contributed by atoms with Gasteiger partial charge in [-0.25, -0.2) is 13.9 Å². The molecule has 2 heterocycles. The Labute approximate surface area is 241 Å². The van der Waals surface area contributed by atoms with Gasteiger partial charge in [0, 0.05) is 23.3 Å². The van der Waals surface area contributed by atoms with Crippen LogP contribution in [0, 0.1) is 17.1 Å². The third-order valence-corrected chi connectivity index (χ3v) is 7.83. The zero-order chi connectivity index (χ0) is 29.4. The Bertz CT molecular complexity index is 1690. The molecule has 2 aliphatic rings. The minimum atomic E-state index is -1.66. The topological polar surface area (TPSA) is 141 Å². The fourth-order valence-corrected chi connectivity index (χ4v) is 5.61. The maximum absolute atomic E-state index is 13.8. The van der Waals surface area contributed by atoms with Crippen LogP contribution in [0.4, 0.5) is 20.6 Å². The number of carbonyl (C=O) groups is 1. The highest BCUT2D eigenvalue weighted by atomic mass is 35.5. The van der Waals surface area contributed by atoms with E-state index >= 15 is 0 Å². The Kier molecular flexibility index (Phi) is 6.98. The standard InChI is InChI=1S/C29H28ClFN8O2/c30-22-12-19(34-27(16-5-7-18(31)8-6-16)25-15-39(38-37-25)20-9-10-20)11-21-26(17(13-32)14-33-28(21)22)35-23-3-1-2-4-24(23)36-29(40)41/h5-8,11-12,14-15,20,23-24,27,34,36H,1-4,9-10H2,(H,33,35)(H,40,41)/t23-,24+,27+/m1/s1/i27D. The van der Waals surface area contributed by atoms with Gasteiger partial charge in [-0.3, -0.25) is 4.98 Å². The summed E-state index contributed by atoms with van der Waals surface area (Å²) < 4.78 is 25.1. The summed E-state index contributed by atoms with van der Waals surface area (Å²) >= 11 is 6.72. The lowest BCUT2D eigenvalue weighted by atomic mass is 9.89. The summed E-state index contributed by atoms with van der Waals surface area (Å²) in [7, 11) is 0. The molecule has 3 atom stereocenters. The summed E-state index contributed by atoms with van der Waals surface area (Å²) in [5.74, 6) is -0.430. The van der Waals surface area contributed by atoms with Gasteiger partial charge in [-0.05, 0) is 55.5 Å². The zero-order valence-electron chi connectivity index (χ0n) is 22.9. The van der Waals surface area contributed by atoms with Crippen LogP contribution in [0.3, 0.4) is 0 Å². The average molecular weight is 576 g/mol. The van der Waals surface area contributed by atoms with E-state index in [9.17, 15) is 20.9 Å². The van der Waals surface area contributed by atoms with Gasteiger partial charge in [-0.15, -0.1) is 5.10 Å². The van der Waals surface area contributed by atoms with E-state index in [0.717, 1.165) is 25.7 Å². The van der Waals surface area contributed by atoms with Gasteiger partial charge in [0.25, 0.3) is 0 Å². The third kappa shape index (κ3) is 5.74. The van der Waals surface area contributed by atoms with Gasteiger partial charge in [0.1, 0.15) is 17.6 Å². The monoisotopic (exact) mass is 575 g/mol. The second-order valence-electron chi connectivity index (χ2n) is 10.4. The molecule has 2 fully saturated rings. The Hall–Kier alpha value is -4.43. The first kappa shape index (κ1) is 25.5. The van der Waals surface area contributed by atoms with Crippen LogP contribution >= 0.6 is 11.6 Å². The van der Waals surface area contributed by atoms with Gasteiger partial charge in [0.2, 0.25) is 0 Å². The number of fused-ring (bicyclic) bond motifs is 1. The Morgan fingerprint density at radius 1 is 1.20 bits per heavy atom. The van der Waals surface area contributed by atoms with E-state index in [1.165, 1.54) is 30.5 Å². The number of rotatable bonds is 8. The van der Waals surface area contributed by atoms with Crippen molar-refractivity contribution in [1.82, 2.24) is 25.3 Å². The van der Waals surface area contributed by atoms with Gasteiger partial charge in [0.15, 0.2) is 0 Å². The van der Waals surface area contributed by atoms with Crippen LogP contribution in [0.25, 0.3) is 10.9 Å². The van der Waals surface area contributed by atoms with E-state index in [-0.39, 0.29) is 28.7 Å². The predicted octanol–water partition coefficient (Wildman–Crippen LogP) is 6.02. The predicted molar refractivity (Wildman–Crippen MR) is 152 cm³/mol. The molecular formula is C29H28ClFN8O2. The van der Waals surface area contributed by atoms with Crippen molar-refractivity contribution >= 4 is 40.0 Å². The van der Waals surface area contributed by atoms with Crippen molar-refractivity contribution in [1.29, 1.82) is 5.26 Å². The highest BCUT2D eigenvalue weighted by Gasteiger charge is 2.29. The van der Waals surface area contributed by atoms with E-state index in [4.69, 9.17) is 11.6 Å². The number of benzene rings is 2. The molecule has 0 radical (unpaired) electrons. The van der Waals surface area contributed by atoms with Crippen LogP contribution in [-0.4, -0.2) is 43.3 Å². The molecule has 0 spiro atoms. The lowest BCUT2D eigenvalue weighted by molar-refractivity contribution is 0.184. The summed E-state index contributed by atoms with van der Waals surface area (Å²) in [6, 6.07) is 9.18. The number of anilines is 2. The molecule has 0 saturated heterocycles. The van der Waals surface area contributed by atoms with Gasteiger partial charge < -0.3 is 21.1 Å². The number of halogens is 2. The summed E-state index contributed by atoms with van der Waals surface area (Å²) in [6.07, 6.45) is 7.23. The Morgan fingerprint density at radius 2 is 1.95 bits per heavy atom. The van der Waals surface area contributed by atoms with Crippen LogP contribution in [0.5, 0.6) is 0 Å². The number of amides is 1. The van der Waals surface area contributed by atoms with Crippen LogP contribution in [0.15, 0.2) is 48.8 Å². The first-order chi connectivity index (χ1) is 20.2. The molecule has 0 aliphatic heterocycles. The molecule has 41 heavy (non-hydrogen) atoms. The van der Waals surface area contributed by atoms with E-state index in [1.807, 2.05) is 0 Å². The summed E-state index contributed by atoms with van der Waals surface area (Å²) in [5, 5.41) is 37.9. The third-order valence-electron chi connectivity index (χ3n) is 7.54. The minimum absolute atomic E-state index is 0.252. The Balaban J connectivity index is 1.43. The van der Waals surface area contributed by atoms with E-state index < -0.39 is 17.9 Å². The van der Waals surface area contributed by atoms with E-state index in [1.54, 1.807) is 23.0 Å². The summed E-state index contributed by atoms with van der Waals surface area (Å²) in [4.78, 5) is 15.9. The molecular weight excluding hydrogens is 547 g/mol. The summed E-state index contributed by atoms with van der Waals surface area (Å²) in [6.45, 7) is 0. The van der Waals surface area contributed by atoms with Gasteiger partial charge in [0.05, 0.1) is 47.5 Å². The number of carboxylic acid groups (broad SMARTS) is 1. The number of pyridine rings is 1. The van der Waals surface area contributed by atoms with Crippen molar-refractivity contribution in [3.05, 3.63) is 76.5 Å². The van der Waals surface area contributed by atoms with Crippen molar-refractivity contribution in [3.8, 4) is 6.07 Å². The van der Waals surface area contributed by atoms with Crippen molar-refractivity contribution in [2.24, 2.45) is 0 Å². The maximum Gasteiger partial charge on any atom is 0.404 e. The van der Waals surface area contributed by atoms with Crippen molar-refractivity contribution in [2.45, 2.75) is 62.7 Å². The van der Waals surface area contributed by atoms with Crippen LogP contribution in [0.1, 0.15) is 68.8 Å². The second kappa shape index (κ2) is 11.2. The normalized spacial score (nSPS) is 20.5. The number of nitrogens with zero attached hydrogens (tertiary/aromatic N) is 5. The fourth-order valence-electron chi connectivity index (χ4n) is 5.35. The largest absolute Gasteiger partial charge is 0.465 e. The number of nitriles is 1.